The van der Waals surface area contributed by atoms with E-state index in [0.717, 1.165) is 3.79 Å². The van der Waals surface area contributed by atoms with Gasteiger partial charge in [0.05, 0.1) is 9.86 Å². The first kappa shape index (κ1) is 7.73. The monoisotopic (exact) mass is 217 g/mol. The van der Waals surface area contributed by atoms with Gasteiger partial charge in [-0.05, 0) is 27.4 Å². The lowest BCUT2D eigenvalue weighted by atomic mass is 10.2. The number of aliphatic hydroxyl groups excluding tert-OH is 1. The Balaban J connectivity index is 2.87. The van der Waals surface area contributed by atoms with Gasteiger partial charge in [-0.3, -0.25) is 0 Å². The van der Waals surface area contributed by atoms with Crippen LogP contribution in [0.3, 0.4) is 0 Å². The maximum atomic E-state index is 8.97. The highest BCUT2D eigenvalue weighted by atomic mass is 79.9. The summed E-state index contributed by atoms with van der Waals surface area (Å²) < 4.78 is 0.928. The second-order valence-corrected chi connectivity index (χ2v) is 4.01. The molecule has 0 amide bonds. The van der Waals surface area contributed by atoms with Crippen LogP contribution in [-0.2, 0) is 0 Å². The fraction of sp³-hybridized carbons (Fsp3) is 0.167. The van der Waals surface area contributed by atoms with E-state index in [1.165, 1.54) is 11.3 Å². The molecule has 0 aliphatic carbocycles. The van der Waals surface area contributed by atoms with Crippen LogP contribution in [0.2, 0.25) is 0 Å². The zero-order chi connectivity index (χ0) is 7.56. The van der Waals surface area contributed by atoms with Crippen LogP contribution in [0, 0.1) is 11.3 Å². The Labute approximate surface area is 70.9 Å². The first-order chi connectivity index (χ1) is 4.74. The van der Waals surface area contributed by atoms with Gasteiger partial charge < -0.3 is 5.11 Å². The second-order valence-electron chi connectivity index (χ2n) is 1.72. The highest BCUT2D eigenvalue weighted by molar-refractivity contribution is 9.11. The summed E-state index contributed by atoms with van der Waals surface area (Å²) in [6, 6.07) is 3.47. The van der Waals surface area contributed by atoms with Crippen molar-refractivity contribution in [2.45, 2.75) is 6.10 Å². The lowest BCUT2D eigenvalue weighted by Gasteiger charge is -1.92. The standard InChI is InChI=1S/C6H4BrNOS/c7-6-1-4(3-10-6)5(9)2-8/h1,3,5,9H. The Morgan fingerprint density at radius 2 is 2.50 bits per heavy atom. The van der Waals surface area contributed by atoms with Gasteiger partial charge in [0.2, 0.25) is 0 Å². The summed E-state index contributed by atoms with van der Waals surface area (Å²) in [4.78, 5) is 0. The smallest absolute Gasteiger partial charge is 0.166 e. The number of halogens is 1. The minimum Gasteiger partial charge on any atom is -0.374 e. The Morgan fingerprint density at radius 1 is 1.80 bits per heavy atom. The van der Waals surface area contributed by atoms with Crippen molar-refractivity contribution in [3.63, 3.8) is 0 Å². The second kappa shape index (κ2) is 3.15. The molecule has 0 bridgehead atoms. The summed E-state index contributed by atoms with van der Waals surface area (Å²) in [5, 5.41) is 19.0. The fourth-order valence-corrected chi connectivity index (χ4v) is 1.74. The van der Waals surface area contributed by atoms with E-state index in [4.69, 9.17) is 10.4 Å². The summed E-state index contributed by atoms with van der Waals surface area (Å²) in [5.41, 5.74) is 0.652. The summed E-state index contributed by atoms with van der Waals surface area (Å²) in [5.74, 6) is 0. The zero-order valence-electron chi connectivity index (χ0n) is 4.91. The normalized spacial score (nSPS) is 12.5. The number of thiophene rings is 1. The Hall–Kier alpha value is -0.370. The van der Waals surface area contributed by atoms with Gasteiger partial charge in [0.25, 0.3) is 0 Å². The Morgan fingerprint density at radius 3 is 2.90 bits per heavy atom. The molecule has 0 spiro atoms. The van der Waals surface area contributed by atoms with Gasteiger partial charge in [-0.25, -0.2) is 0 Å². The first-order valence-electron chi connectivity index (χ1n) is 2.55. The van der Waals surface area contributed by atoms with E-state index in [-0.39, 0.29) is 0 Å². The van der Waals surface area contributed by atoms with E-state index in [0.29, 0.717) is 5.56 Å². The molecule has 0 aliphatic rings. The summed E-state index contributed by atoms with van der Waals surface area (Å²) >= 11 is 4.68. The van der Waals surface area contributed by atoms with Crippen LogP contribution in [0.25, 0.3) is 0 Å². The maximum Gasteiger partial charge on any atom is 0.166 e. The molecule has 1 aromatic heterocycles. The van der Waals surface area contributed by atoms with Crippen LogP contribution in [-0.4, -0.2) is 5.11 Å². The van der Waals surface area contributed by atoms with Crippen molar-refractivity contribution in [3.8, 4) is 6.07 Å². The van der Waals surface area contributed by atoms with Crippen molar-refractivity contribution in [3.05, 3.63) is 20.8 Å². The molecule has 1 aromatic rings. The highest BCUT2D eigenvalue weighted by Gasteiger charge is 2.06. The van der Waals surface area contributed by atoms with E-state index < -0.39 is 6.10 Å². The molecular formula is C6H4BrNOS. The summed E-state index contributed by atoms with van der Waals surface area (Å²) in [6.07, 6.45) is -0.984. The molecule has 1 rings (SSSR count). The van der Waals surface area contributed by atoms with Crippen LogP contribution in [0.5, 0.6) is 0 Å². The number of nitrogens with zero attached hydrogens (tertiary/aromatic N) is 1. The van der Waals surface area contributed by atoms with Crippen molar-refractivity contribution in [2.24, 2.45) is 0 Å². The topological polar surface area (TPSA) is 44.0 Å². The van der Waals surface area contributed by atoms with Gasteiger partial charge in [-0.1, -0.05) is 0 Å². The SMILES string of the molecule is N#CC(O)c1csc(Br)c1. The number of nitriles is 1. The molecule has 1 N–H and O–H groups in total. The molecule has 1 atom stereocenters. The summed E-state index contributed by atoms with van der Waals surface area (Å²) in [6.45, 7) is 0. The molecule has 0 saturated heterocycles. The van der Waals surface area contributed by atoms with Crippen LogP contribution in [0.4, 0.5) is 0 Å². The molecule has 0 fully saturated rings. The van der Waals surface area contributed by atoms with Gasteiger partial charge >= 0.3 is 0 Å². The third kappa shape index (κ3) is 1.57. The maximum absolute atomic E-state index is 8.97. The molecule has 0 aromatic carbocycles. The first-order valence-corrected chi connectivity index (χ1v) is 4.23. The van der Waals surface area contributed by atoms with Crippen LogP contribution < -0.4 is 0 Å². The number of rotatable bonds is 1. The molecule has 10 heavy (non-hydrogen) atoms. The van der Waals surface area contributed by atoms with Gasteiger partial charge in [-0.2, -0.15) is 5.26 Å². The van der Waals surface area contributed by atoms with Gasteiger partial charge in [-0.15, -0.1) is 11.3 Å². The average Bonchev–Trinajstić information content (AvgIpc) is 2.34. The van der Waals surface area contributed by atoms with Crippen molar-refractivity contribution in [1.82, 2.24) is 0 Å². The molecule has 1 unspecified atom stereocenters. The predicted octanol–water partition coefficient (Wildman–Crippen LogP) is 2.07. The van der Waals surface area contributed by atoms with E-state index in [1.54, 1.807) is 17.5 Å². The van der Waals surface area contributed by atoms with Gasteiger partial charge in [0.1, 0.15) is 0 Å². The van der Waals surface area contributed by atoms with Crippen molar-refractivity contribution in [1.29, 1.82) is 5.26 Å². The number of hydrogen-bond acceptors (Lipinski definition) is 3. The molecule has 4 heteroatoms. The molecular weight excluding hydrogens is 214 g/mol. The van der Waals surface area contributed by atoms with E-state index >= 15 is 0 Å². The van der Waals surface area contributed by atoms with Gasteiger partial charge in [0.15, 0.2) is 6.10 Å². The molecule has 52 valence electrons. The zero-order valence-corrected chi connectivity index (χ0v) is 7.32. The Bertz CT molecular complexity index is 265. The fourth-order valence-electron chi connectivity index (χ4n) is 0.541. The quantitative estimate of drug-likeness (QED) is 0.733. The predicted molar refractivity (Wildman–Crippen MR) is 42.6 cm³/mol. The molecule has 0 saturated carbocycles. The third-order valence-corrected chi connectivity index (χ3v) is 2.55. The molecule has 1 heterocycles. The van der Waals surface area contributed by atoms with Crippen LogP contribution >= 0.6 is 27.3 Å². The summed E-state index contributed by atoms with van der Waals surface area (Å²) in [7, 11) is 0. The van der Waals surface area contributed by atoms with Crippen molar-refractivity contribution >= 4 is 27.3 Å². The van der Waals surface area contributed by atoms with E-state index in [9.17, 15) is 0 Å². The Kier molecular flexibility index (Phi) is 2.44. The molecule has 0 aliphatic heterocycles. The minimum atomic E-state index is -0.984. The highest BCUT2D eigenvalue weighted by Crippen LogP contribution is 2.24. The van der Waals surface area contributed by atoms with Gasteiger partial charge in [0, 0.05) is 5.56 Å². The van der Waals surface area contributed by atoms with E-state index in [1.807, 2.05) is 0 Å². The minimum absolute atomic E-state index is 0.652. The lowest BCUT2D eigenvalue weighted by Crippen LogP contribution is -1.88. The molecule has 2 nitrogen and oxygen atoms in total. The largest absolute Gasteiger partial charge is 0.374 e. The van der Waals surface area contributed by atoms with E-state index in [2.05, 4.69) is 15.9 Å². The number of aliphatic hydroxyl groups is 1. The molecule has 0 radical (unpaired) electrons. The van der Waals surface area contributed by atoms with Crippen molar-refractivity contribution < 1.29 is 5.11 Å². The average molecular weight is 218 g/mol. The van der Waals surface area contributed by atoms with Crippen LogP contribution in [0.1, 0.15) is 11.7 Å². The third-order valence-electron chi connectivity index (χ3n) is 1.03. The van der Waals surface area contributed by atoms with Crippen molar-refractivity contribution in [2.75, 3.05) is 0 Å². The lowest BCUT2D eigenvalue weighted by molar-refractivity contribution is 0.236. The number of hydrogen-bond donors (Lipinski definition) is 1. The van der Waals surface area contributed by atoms with Crippen LogP contribution in [0.15, 0.2) is 15.2 Å².